The quantitative estimate of drug-likeness (QED) is 0.530. The zero-order chi connectivity index (χ0) is 10.6. The minimum absolute atomic E-state index is 0.122. The summed E-state index contributed by atoms with van der Waals surface area (Å²) in [4.78, 5) is 3.73. The lowest BCUT2D eigenvalue weighted by atomic mass is 10.4. The summed E-state index contributed by atoms with van der Waals surface area (Å²) in [6.07, 6.45) is 0.921. The van der Waals surface area contributed by atoms with Gasteiger partial charge < -0.3 is 21.0 Å². The number of hydrogen-bond donors (Lipinski definition) is 2. The van der Waals surface area contributed by atoms with Gasteiger partial charge in [-0.05, 0) is 6.42 Å². The first-order valence-electron chi connectivity index (χ1n) is 4.37. The Labute approximate surface area is 82.3 Å². The fourth-order valence-corrected chi connectivity index (χ4v) is 0.970. The lowest BCUT2D eigenvalue weighted by molar-refractivity contribution is -0.577. The molecule has 1 rings (SSSR count). The van der Waals surface area contributed by atoms with Gasteiger partial charge in [0.25, 0.3) is 5.88 Å². The number of nitrogens with one attached hydrogen (secondary N) is 1. The Hall–Kier alpha value is -1.72. The molecule has 0 aromatic carbocycles. The van der Waals surface area contributed by atoms with Crippen molar-refractivity contribution in [2.75, 3.05) is 24.7 Å². The van der Waals surface area contributed by atoms with E-state index in [1.807, 2.05) is 6.92 Å². The van der Waals surface area contributed by atoms with Gasteiger partial charge in [0.15, 0.2) is 0 Å². The molecule has 6 nitrogen and oxygen atoms in total. The summed E-state index contributed by atoms with van der Waals surface area (Å²) < 4.78 is 5.43. The Bertz CT molecular complexity index is 316. The van der Waals surface area contributed by atoms with Crippen LogP contribution >= 0.6 is 0 Å². The standard InChI is InChI=1S/C8H14N4O2/c1-3-4-10-6-5-7(14-2)11-8(9)12(6)13/h5,10H,3-4H2,1-2H3,(H2,9,11). The molecule has 0 radical (unpaired) electrons. The number of rotatable bonds is 4. The number of nitrogens with zero attached hydrogens (tertiary/aromatic N) is 2. The normalized spacial score (nSPS) is 9.86. The maximum absolute atomic E-state index is 11.4. The fourth-order valence-electron chi connectivity index (χ4n) is 0.970. The van der Waals surface area contributed by atoms with Crippen molar-refractivity contribution < 1.29 is 9.47 Å². The minimum Gasteiger partial charge on any atom is -0.754 e. The molecule has 0 unspecified atom stereocenters. The van der Waals surface area contributed by atoms with Gasteiger partial charge in [-0.2, -0.15) is 0 Å². The van der Waals surface area contributed by atoms with E-state index in [4.69, 9.17) is 10.5 Å². The fraction of sp³-hybridized carbons (Fsp3) is 0.500. The minimum atomic E-state index is -0.122. The number of methoxy groups -OCH3 is 1. The second kappa shape index (κ2) is 4.50. The van der Waals surface area contributed by atoms with Gasteiger partial charge in [0.2, 0.25) is 5.82 Å². The van der Waals surface area contributed by atoms with Crippen LogP contribution < -0.4 is 20.5 Å². The number of nitrogen functional groups attached to an aromatic ring is 1. The van der Waals surface area contributed by atoms with Gasteiger partial charge in [0, 0.05) is 6.54 Å². The zero-order valence-electron chi connectivity index (χ0n) is 8.28. The van der Waals surface area contributed by atoms with Crippen molar-refractivity contribution in [2.45, 2.75) is 13.3 Å². The van der Waals surface area contributed by atoms with Crippen LogP contribution in [0.2, 0.25) is 0 Å². The van der Waals surface area contributed by atoms with Crippen LogP contribution in [-0.2, 0) is 0 Å². The van der Waals surface area contributed by atoms with E-state index < -0.39 is 0 Å². The highest BCUT2D eigenvalue weighted by Crippen LogP contribution is 2.11. The lowest BCUT2D eigenvalue weighted by Crippen LogP contribution is -2.35. The van der Waals surface area contributed by atoms with Gasteiger partial charge in [0.1, 0.15) is 0 Å². The Kier molecular flexibility index (Phi) is 3.33. The predicted octanol–water partition coefficient (Wildman–Crippen LogP) is 0.128. The van der Waals surface area contributed by atoms with Gasteiger partial charge in [-0.15, -0.1) is 0 Å². The van der Waals surface area contributed by atoms with Crippen molar-refractivity contribution in [3.05, 3.63) is 11.3 Å². The second-order valence-corrected chi connectivity index (χ2v) is 2.76. The third-order valence-electron chi connectivity index (χ3n) is 1.68. The number of ether oxygens (including phenoxy) is 1. The molecule has 1 heterocycles. The number of aromatic nitrogens is 2. The van der Waals surface area contributed by atoms with Gasteiger partial charge in [-0.3, -0.25) is 0 Å². The molecule has 0 spiro atoms. The molecule has 1 aromatic heterocycles. The largest absolute Gasteiger partial charge is 0.754 e. The molecule has 1 aromatic rings. The second-order valence-electron chi connectivity index (χ2n) is 2.76. The van der Waals surface area contributed by atoms with E-state index in [0.29, 0.717) is 23.0 Å². The van der Waals surface area contributed by atoms with Crippen molar-refractivity contribution in [1.82, 2.24) is 4.98 Å². The van der Waals surface area contributed by atoms with Crippen molar-refractivity contribution in [3.63, 3.8) is 0 Å². The van der Waals surface area contributed by atoms with Crippen LogP contribution in [0.15, 0.2) is 6.07 Å². The topological polar surface area (TPSA) is 87.1 Å². The van der Waals surface area contributed by atoms with Gasteiger partial charge >= 0.3 is 5.95 Å². The lowest BCUT2D eigenvalue weighted by Gasteiger charge is -2.13. The summed E-state index contributed by atoms with van der Waals surface area (Å²) in [5.74, 6) is 0.562. The van der Waals surface area contributed by atoms with E-state index in [-0.39, 0.29) is 5.95 Å². The molecule has 0 atom stereocenters. The average Bonchev–Trinajstić information content (AvgIpc) is 2.20. The molecule has 14 heavy (non-hydrogen) atoms. The maximum Gasteiger partial charge on any atom is 0.347 e. The van der Waals surface area contributed by atoms with E-state index in [9.17, 15) is 5.21 Å². The first-order chi connectivity index (χ1) is 6.69. The van der Waals surface area contributed by atoms with Crippen LogP contribution in [0.5, 0.6) is 5.88 Å². The van der Waals surface area contributed by atoms with Gasteiger partial charge in [-0.25, -0.2) is 4.73 Å². The van der Waals surface area contributed by atoms with Crippen LogP contribution in [-0.4, -0.2) is 18.6 Å². The summed E-state index contributed by atoms with van der Waals surface area (Å²) in [6, 6.07) is 1.51. The molecule has 0 aliphatic heterocycles. The van der Waals surface area contributed by atoms with Crippen molar-refractivity contribution >= 4 is 11.8 Å². The highest BCUT2D eigenvalue weighted by molar-refractivity contribution is 5.36. The van der Waals surface area contributed by atoms with Crippen molar-refractivity contribution in [1.29, 1.82) is 0 Å². The summed E-state index contributed by atoms with van der Waals surface area (Å²) >= 11 is 0. The van der Waals surface area contributed by atoms with Gasteiger partial charge in [-0.1, -0.05) is 11.9 Å². The van der Waals surface area contributed by atoms with Crippen LogP contribution in [0, 0.1) is 5.21 Å². The third-order valence-corrected chi connectivity index (χ3v) is 1.68. The number of nitrogens with two attached hydrogens (primary N) is 1. The first-order valence-corrected chi connectivity index (χ1v) is 4.37. The molecule has 0 aliphatic rings. The van der Waals surface area contributed by atoms with Crippen molar-refractivity contribution in [3.8, 4) is 5.88 Å². The summed E-state index contributed by atoms with van der Waals surface area (Å²) in [5, 5.41) is 14.3. The molecular formula is C8H14N4O2. The highest BCUT2D eigenvalue weighted by Gasteiger charge is 2.09. The molecule has 0 saturated heterocycles. The molecule has 0 amide bonds. The Balaban J connectivity index is 2.95. The monoisotopic (exact) mass is 198 g/mol. The molecule has 3 N–H and O–H groups in total. The molecule has 0 aliphatic carbocycles. The Morgan fingerprint density at radius 1 is 1.71 bits per heavy atom. The Morgan fingerprint density at radius 3 is 3.00 bits per heavy atom. The molecule has 0 bridgehead atoms. The van der Waals surface area contributed by atoms with Gasteiger partial charge in [0.05, 0.1) is 13.2 Å². The van der Waals surface area contributed by atoms with Crippen LogP contribution in [0.25, 0.3) is 0 Å². The maximum atomic E-state index is 11.4. The smallest absolute Gasteiger partial charge is 0.347 e. The number of anilines is 2. The molecule has 0 saturated carbocycles. The summed E-state index contributed by atoms with van der Waals surface area (Å²) in [6.45, 7) is 2.71. The zero-order valence-corrected chi connectivity index (χ0v) is 8.28. The van der Waals surface area contributed by atoms with Crippen LogP contribution in [0.1, 0.15) is 13.3 Å². The first kappa shape index (κ1) is 10.4. The SMILES string of the molecule is CCCNc1cc(OC)nc(N)[n+]1[O-]. The summed E-state index contributed by atoms with van der Waals surface area (Å²) in [5.41, 5.74) is 5.39. The van der Waals surface area contributed by atoms with Crippen LogP contribution in [0.3, 0.4) is 0 Å². The van der Waals surface area contributed by atoms with Crippen LogP contribution in [0.4, 0.5) is 11.8 Å². The predicted molar refractivity (Wildman–Crippen MR) is 52.9 cm³/mol. The Morgan fingerprint density at radius 2 is 2.43 bits per heavy atom. The molecule has 0 fully saturated rings. The molecule has 6 heteroatoms. The third kappa shape index (κ3) is 2.15. The van der Waals surface area contributed by atoms with E-state index in [2.05, 4.69) is 10.3 Å². The van der Waals surface area contributed by atoms with E-state index in [0.717, 1.165) is 6.42 Å². The highest BCUT2D eigenvalue weighted by atomic mass is 16.5. The molecular weight excluding hydrogens is 184 g/mol. The average molecular weight is 198 g/mol. The summed E-state index contributed by atoms with van der Waals surface area (Å²) in [7, 11) is 1.47. The van der Waals surface area contributed by atoms with E-state index in [1.54, 1.807) is 0 Å². The molecule has 78 valence electrons. The van der Waals surface area contributed by atoms with E-state index >= 15 is 0 Å². The van der Waals surface area contributed by atoms with Crippen molar-refractivity contribution in [2.24, 2.45) is 0 Å². The van der Waals surface area contributed by atoms with E-state index in [1.165, 1.54) is 13.2 Å². The number of hydrogen-bond acceptors (Lipinski definition) is 5.